The Bertz CT molecular complexity index is 488. The molecule has 0 aliphatic heterocycles. The van der Waals surface area contributed by atoms with Crippen molar-refractivity contribution in [1.29, 1.82) is 0 Å². The van der Waals surface area contributed by atoms with Gasteiger partial charge in [-0.25, -0.2) is 13.1 Å². The Hall–Kier alpha value is -0.170. The van der Waals surface area contributed by atoms with E-state index in [4.69, 9.17) is 11.6 Å². The van der Waals surface area contributed by atoms with Gasteiger partial charge in [-0.3, -0.25) is 4.98 Å². The van der Waals surface area contributed by atoms with Gasteiger partial charge in [-0.1, -0.05) is 0 Å². The number of pyridine rings is 1. The average molecular weight is 326 g/mol. The molecule has 1 aromatic heterocycles. The summed E-state index contributed by atoms with van der Waals surface area (Å²) >= 11 is 8.97. The van der Waals surface area contributed by atoms with Crippen LogP contribution >= 0.6 is 27.5 Å². The van der Waals surface area contributed by atoms with E-state index in [1.54, 1.807) is 0 Å². The van der Waals surface area contributed by atoms with E-state index >= 15 is 0 Å². The lowest BCUT2D eigenvalue weighted by Gasteiger charge is -2.31. The van der Waals surface area contributed by atoms with Crippen LogP contribution in [0.3, 0.4) is 0 Å². The number of aromatic nitrogens is 1. The lowest BCUT2D eigenvalue weighted by molar-refractivity contribution is 0.391. The van der Waals surface area contributed by atoms with Gasteiger partial charge < -0.3 is 0 Å². The molecule has 1 aliphatic carbocycles. The van der Waals surface area contributed by atoms with E-state index in [2.05, 4.69) is 25.6 Å². The number of nitrogens with zero attached hydrogens (tertiary/aromatic N) is 1. The number of rotatable bonds is 3. The number of halogens is 2. The summed E-state index contributed by atoms with van der Waals surface area (Å²) in [5.74, 6) is 0. The molecule has 16 heavy (non-hydrogen) atoms. The maximum absolute atomic E-state index is 11.9. The fourth-order valence-electron chi connectivity index (χ4n) is 1.47. The van der Waals surface area contributed by atoms with Crippen molar-refractivity contribution in [1.82, 2.24) is 9.71 Å². The van der Waals surface area contributed by atoms with Gasteiger partial charge >= 0.3 is 0 Å². The van der Waals surface area contributed by atoms with Crippen LogP contribution in [0.5, 0.6) is 0 Å². The number of hydrogen-bond donors (Lipinski definition) is 1. The Balaban J connectivity index is 2.13. The smallest absolute Gasteiger partial charge is 0.242 e. The lowest BCUT2D eigenvalue weighted by Crippen LogP contribution is -2.44. The molecule has 88 valence electrons. The van der Waals surface area contributed by atoms with Gasteiger partial charge in [-0.15, -0.1) is 11.6 Å². The van der Waals surface area contributed by atoms with Crippen molar-refractivity contribution in [3.63, 3.8) is 0 Å². The topological polar surface area (TPSA) is 59.1 Å². The zero-order valence-corrected chi connectivity index (χ0v) is 11.4. The van der Waals surface area contributed by atoms with Gasteiger partial charge in [-0.05, 0) is 34.8 Å². The predicted molar refractivity (Wildman–Crippen MR) is 64.9 cm³/mol. The second kappa shape index (κ2) is 4.60. The molecule has 1 fully saturated rings. The summed E-state index contributed by atoms with van der Waals surface area (Å²) in [5, 5.41) is 0.0911. The molecule has 0 bridgehead atoms. The Morgan fingerprint density at radius 2 is 2.12 bits per heavy atom. The van der Waals surface area contributed by atoms with Gasteiger partial charge in [0.05, 0.1) is 0 Å². The second-order valence-electron chi connectivity index (χ2n) is 3.73. The zero-order chi connectivity index (χ0) is 11.8. The van der Waals surface area contributed by atoms with Crippen LogP contribution in [-0.4, -0.2) is 24.8 Å². The van der Waals surface area contributed by atoms with Crippen molar-refractivity contribution in [2.24, 2.45) is 0 Å². The van der Waals surface area contributed by atoms with E-state index in [1.807, 2.05) is 0 Å². The van der Waals surface area contributed by atoms with Crippen LogP contribution in [-0.2, 0) is 10.0 Å². The van der Waals surface area contributed by atoms with Crippen molar-refractivity contribution >= 4 is 37.6 Å². The van der Waals surface area contributed by atoms with Crippen LogP contribution in [0.2, 0.25) is 0 Å². The molecule has 0 atom stereocenters. The molecule has 1 aliphatic rings. The Morgan fingerprint density at radius 1 is 1.44 bits per heavy atom. The van der Waals surface area contributed by atoms with Gasteiger partial charge in [0.1, 0.15) is 4.90 Å². The minimum absolute atomic E-state index is 0.0496. The van der Waals surface area contributed by atoms with Gasteiger partial charge in [0.25, 0.3) is 0 Å². The molecule has 4 nitrogen and oxygen atoms in total. The number of nitrogens with one attached hydrogen (secondary N) is 1. The highest BCUT2D eigenvalue weighted by molar-refractivity contribution is 9.10. The molecular formula is C9H10BrClN2O2S. The predicted octanol–water partition coefficient (Wildman–Crippen LogP) is 1.89. The summed E-state index contributed by atoms with van der Waals surface area (Å²) in [5.41, 5.74) is 0. The highest BCUT2D eigenvalue weighted by Gasteiger charge is 2.31. The van der Waals surface area contributed by atoms with E-state index in [0.29, 0.717) is 17.3 Å². The van der Waals surface area contributed by atoms with E-state index in [0.717, 1.165) is 0 Å². The van der Waals surface area contributed by atoms with Gasteiger partial charge in [0.15, 0.2) is 0 Å². The van der Waals surface area contributed by atoms with Crippen molar-refractivity contribution in [3.8, 4) is 0 Å². The molecule has 2 rings (SSSR count). The van der Waals surface area contributed by atoms with Crippen LogP contribution in [0.25, 0.3) is 0 Å². The molecule has 1 saturated carbocycles. The number of alkyl halides is 1. The molecule has 1 aromatic rings. The Kier molecular flexibility index (Phi) is 3.53. The first-order chi connectivity index (χ1) is 7.47. The molecule has 1 heterocycles. The van der Waals surface area contributed by atoms with Crippen LogP contribution in [0.15, 0.2) is 27.8 Å². The molecule has 1 N–H and O–H groups in total. The third-order valence-electron chi connectivity index (χ3n) is 2.39. The van der Waals surface area contributed by atoms with Crippen LogP contribution in [0.4, 0.5) is 0 Å². The quantitative estimate of drug-likeness (QED) is 0.863. The third-order valence-corrected chi connectivity index (χ3v) is 4.67. The summed E-state index contributed by atoms with van der Waals surface area (Å²) in [4.78, 5) is 3.99. The summed E-state index contributed by atoms with van der Waals surface area (Å²) in [6, 6.07) is 1.47. The van der Waals surface area contributed by atoms with E-state index in [9.17, 15) is 8.42 Å². The standard InChI is InChI=1S/C9H10BrClN2O2S/c10-6-1-9(5-12-4-6)16(14,15)13-8-2-7(11)3-8/h1,4-5,7-8,13H,2-3H2. The normalized spacial score (nSPS) is 25.1. The van der Waals surface area contributed by atoms with Gasteiger partial charge in [-0.2, -0.15) is 0 Å². The fourth-order valence-corrected chi connectivity index (χ4v) is 3.67. The summed E-state index contributed by atoms with van der Waals surface area (Å²) in [6.45, 7) is 0. The highest BCUT2D eigenvalue weighted by atomic mass is 79.9. The van der Waals surface area contributed by atoms with Crippen LogP contribution in [0.1, 0.15) is 12.8 Å². The Labute approximate surface area is 108 Å². The fraction of sp³-hybridized carbons (Fsp3) is 0.444. The number of hydrogen-bond acceptors (Lipinski definition) is 3. The molecule has 0 radical (unpaired) electrons. The van der Waals surface area contributed by atoms with E-state index < -0.39 is 10.0 Å². The van der Waals surface area contributed by atoms with Gasteiger partial charge in [0.2, 0.25) is 10.0 Å². The molecular weight excluding hydrogens is 316 g/mol. The minimum Gasteiger partial charge on any atom is -0.262 e. The van der Waals surface area contributed by atoms with E-state index in [1.165, 1.54) is 18.5 Å². The molecule has 0 amide bonds. The van der Waals surface area contributed by atoms with Crippen LogP contribution in [0, 0.1) is 0 Å². The molecule has 0 spiro atoms. The Morgan fingerprint density at radius 3 is 2.69 bits per heavy atom. The zero-order valence-electron chi connectivity index (χ0n) is 8.23. The SMILES string of the molecule is O=S(=O)(NC1CC(Cl)C1)c1cncc(Br)c1. The highest BCUT2D eigenvalue weighted by Crippen LogP contribution is 2.27. The van der Waals surface area contributed by atoms with Crippen molar-refractivity contribution in [2.75, 3.05) is 0 Å². The average Bonchev–Trinajstić information content (AvgIpc) is 2.15. The first-order valence-corrected chi connectivity index (χ1v) is 7.45. The maximum atomic E-state index is 11.9. The molecule has 0 aromatic carbocycles. The van der Waals surface area contributed by atoms with Crippen molar-refractivity contribution in [2.45, 2.75) is 29.2 Å². The lowest BCUT2D eigenvalue weighted by atomic mass is 9.94. The number of sulfonamides is 1. The molecule has 0 saturated heterocycles. The van der Waals surface area contributed by atoms with Crippen molar-refractivity contribution in [3.05, 3.63) is 22.9 Å². The van der Waals surface area contributed by atoms with E-state index in [-0.39, 0.29) is 16.3 Å². The second-order valence-corrected chi connectivity index (χ2v) is 6.97. The summed E-state index contributed by atoms with van der Waals surface area (Å²) < 4.78 is 27.0. The molecule has 7 heteroatoms. The summed E-state index contributed by atoms with van der Waals surface area (Å²) in [7, 11) is -3.47. The van der Waals surface area contributed by atoms with Crippen molar-refractivity contribution < 1.29 is 8.42 Å². The largest absolute Gasteiger partial charge is 0.262 e. The monoisotopic (exact) mass is 324 g/mol. The maximum Gasteiger partial charge on any atom is 0.242 e. The minimum atomic E-state index is -3.47. The van der Waals surface area contributed by atoms with Crippen LogP contribution < -0.4 is 4.72 Å². The third kappa shape index (κ3) is 2.74. The first-order valence-electron chi connectivity index (χ1n) is 4.74. The van der Waals surface area contributed by atoms with Gasteiger partial charge in [0, 0.05) is 28.3 Å². The molecule has 0 unspecified atom stereocenters. The first kappa shape index (κ1) is 12.3. The summed E-state index contributed by atoms with van der Waals surface area (Å²) in [6.07, 6.45) is 4.23.